The second kappa shape index (κ2) is 1.04. The third-order valence-corrected chi connectivity index (χ3v) is 2.70. The zero-order chi connectivity index (χ0) is 4.85. The maximum atomic E-state index is 2.40. The van der Waals surface area contributed by atoms with Crippen LogP contribution in [0.5, 0.6) is 0 Å². The van der Waals surface area contributed by atoms with Gasteiger partial charge in [0.2, 0.25) is 0 Å². The minimum absolute atomic E-state index is 1.09. The van der Waals surface area contributed by atoms with Gasteiger partial charge in [-0.2, -0.15) is 0 Å². The number of hydrogen-bond donors (Lipinski definition) is 0. The summed E-state index contributed by atoms with van der Waals surface area (Å²) in [5, 5.41) is 0. The molecule has 2 aliphatic carbocycles. The molecule has 2 aliphatic rings. The van der Waals surface area contributed by atoms with Crippen LogP contribution in [-0.4, -0.2) is 0 Å². The van der Waals surface area contributed by atoms with Crippen molar-refractivity contribution >= 4 is 0 Å². The topological polar surface area (TPSA) is 0 Å². The van der Waals surface area contributed by atoms with E-state index in [1.165, 1.54) is 18.3 Å². The van der Waals surface area contributed by atoms with E-state index < -0.39 is 0 Å². The maximum absolute atomic E-state index is 2.40. The van der Waals surface area contributed by atoms with Gasteiger partial charge in [-0.1, -0.05) is 13.3 Å². The van der Waals surface area contributed by atoms with Crippen LogP contribution in [0.25, 0.3) is 0 Å². The zero-order valence-corrected chi connectivity index (χ0v) is 4.85. The summed E-state index contributed by atoms with van der Waals surface area (Å²) in [5.41, 5.74) is 0. The molecule has 0 aromatic carbocycles. The van der Waals surface area contributed by atoms with Gasteiger partial charge >= 0.3 is 0 Å². The lowest BCUT2D eigenvalue weighted by atomic mass is 10.1. The Labute approximate surface area is 44.9 Å². The van der Waals surface area contributed by atoms with E-state index in [0.717, 1.165) is 5.92 Å². The fraction of sp³-hybridized carbons (Fsp3) is 1.00. The Kier molecular flexibility index (Phi) is 0.586. The van der Waals surface area contributed by atoms with Crippen molar-refractivity contribution in [1.29, 1.82) is 0 Å². The number of hydrogen-bond acceptors (Lipinski definition) is 0. The summed E-state index contributed by atoms with van der Waals surface area (Å²) in [7, 11) is 0. The zero-order valence-electron chi connectivity index (χ0n) is 4.85. The second-order valence-electron chi connectivity index (χ2n) is 3.21. The lowest BCUT2D eigenvalue weighted by molar-refractivity contribution is 0.530. The van der Waals surface area contributed by atoms with Gasteiger partial charge in [0.15, 0.2) is 0 Å². The van der Waals surface area contributed by atoms with E-state index in [1.54, 1.807) is 12.8 Å². The summed E-state index contributed by atoms with van der Waals surface area (Å²) in [5.74, 6) is 3.46. The third kappa shape index (κ3) is 0.427. The SMILES string of the molecule is C[C@H]1CCC2C[C@H]21. The Morgan fingerprint density at radius 2 is 2.14 bits per heavy atom. The van der Waals surface area contributed by atoms with Gasteiger partial charge in [-0.25, -0.2) is 0 Å². The van der Waals surface area contributed by atoms with Crippen molar-refractivity contribution in [2.24, 2.45) is 17.8 Å². The van der Waals surface area contributed by atoms with Crippen LogP contribution in [0.3, 0.4) is 0 Å². The Hall–Kier alpha value is 0. The highest BCUT2D eigenvalue weighted by Gasteiger charge is 2.45. The van der Waals surface area contributed by atoms with Gasteiger partial charge in [-0.3, -0.25) is 0 Å². The van der Waals surface area contributed by atoms with Crippen LogP contribution in [0.4, 0.5) is 0 Å². The van der Waals surface area contributed by atoms with E-state index >= 15 is 0 Å². The van der Waals surface area contributed by atoms with Gasteiger partial charge < -0.3 is 0 Å². The van der Waals surface area contributed by atoms with Crippen molar-refractivity contribution in [3.63, 3.8) is 0 Å². The predicted molar refractivity (Wildman–Crippen MR) is 30.0 cm³/mol. The Balaban J connectivity index is 2.08. The van der Waals surface area contributed by atoms with Gasteiger partial charge in [-0.15, -0.1) is 0 Å². The molecule has 2 fully saturated rings. The number of rotatable bonds is 0. The van der Waals surface area contributed by atoms with Crippen LogP contribution in [0.1, 0.15) is 26.2 Å². The second-order valence-corrected chi connectivity index (χ2v) is 3.21. The van der Waals surface area contributed by atoms with E-state index in [4.69, 9.17) is 0 Å². The Morgan fingerprint density at radius 3 is 2.29 bits per heavy atom. The van der Waals surface area contributed by atoms with E-state index in [1.807, 2.05) is 0 Å². The van der Waals surface area contributed by atoms with Crippen molar-refractivity contribution < 1.29 is 0 Å². The van der Waals surface area contributed by atoms with Gasteiger partial charge in [0, 0.05) is 0 Å². The Morgan fingerprint density at radius 1 is 1.29 bits per heavy atom. The highest BCUT2D eigenvalue weighted by atomic mass is 14.5. The molecule has 0 aromatic rings. The van der Waals surface area contributed by atoms with Crippen LogP contribution >= 0.6 is 0 Å². The van der Waals surface area contributed by atoms with Crippen molar-refractivity contribution in [3.05, 3.63) is 0 Å². The summed E-state index contributed by atoms with van der Waals surface area (Å²) in [6, 6.07) is 0. The van der Waals surface area contributed by atoms with E-state index in [2.05, 4.69) is 6.92 Å². The smallest absolute Gasteiger partial charge is 0.0357 e. The predicted octanol–water partition coefficient (Wildman–Crippen LogP) is 2.05. The number of fused-ring (bicyclic) bond motifs is 1. The van der Waals surface area contributed by atoms with Gasteiger partial charge in [0.1, 0.15) is 0 Å². The maximum Gasteiger partial charge on any atom is -0.0357 e. The molecular formula is C7H12. The molecule has 40 valence electrons. The third-order valence-electron chi connectivity index (χ3n) is 2.70. The summed E-state index contributed by atoms with van der Waals surface area (Å²) in [6.45, 7) is 2.40. The lowest BCUT2D eigenvalue weighted by Gasteiger charge is -1.98. The standard InChI is InChI=1S/C7H12/c1-5-2-3-6-4-7(5)6/h5-7H,2-4H2,1H3/t5-,6?,7-/m0/s1. The molecule has 0 aliphatic heterocycles. The highest BCUT2D eigenvalue weighted by molar-refractivity contribution is 4.95. The molecule has 3 atom stereocenters. The van der Waals surface area contributed by atoms with Crippen LogP contribution < -0.4 is 0 Å². The molecule has 0 heterocycles. The normalized spacial score (nSPS) is 57.0. The summed E-state index contributed by atoms with van der Waals surface area (Å²) < 4.78 is 0. The minimum Gasteiger partial charge on any atom is -0.0622 e. The first-order valence-electron chi connectivity index (χ1n) is 3.38. The molecule has 7 heavy (non-hydrogen) atoms. The van der Waals surface area contributed by atoms with E-state index in [9.17, 15) is 0 Å². The van der Waals surface area contributed by atoms with Crippen molar-refractivity contribution in [1.82, 2.24) is 0 Å². The molecule has 2 saturated carbocycles. The average Bonchev–Trinajstić information content (AvgIpc) is 2.33. The van der Waals surface area contributed by atoms with Crippen LogP contribution in [0.15, 0.2) is 0 Å². The van der Waals surface area contributed by atoms with Crippen molar-refractivity contribution in [2.45, 2.75) is 26.2 Å². The molecule has 0 saturated heterocycles. The molecule has 0 nitrogen and oxygen atoms in total. The molecule has 0 spiro atoms. The minimum atomic E-state index is 1.09. The quantitative estimate of drug-likeness (QED) is 0.433. The molecule has 0 aromatic heterocycles. The summed E-state index contributed by atoms with van der Waals surface area (Å²) >= 11 is 0. The van der Waals surface area contributed by atoms with Crippen LogP contribution in [0, 0.1) is 17.8 Å². The van der Waals surface area contributed by atoms with Gasteiger partial charge in [-0.05, 0) is 30.6 Å². The molecule has 0 radical (unpaired) electrons. The molecule has 1 unspecified atom stereocenters. The van der Waals surface area contributed by atoms with Gasteiger partial charge in [0.25, 0.3) is 0 Å². The fourth-order valence-electron chi connectivity index (χ4n) is 1.99. The largest absolute Gasteiger partial charge is 0.0622 e. The fourth-order valence-corrected chi connectivity index (χ4v) is 1.99. The molecule has 0 amide bonds. The first-order valence-corrected chi connectivity index (χ1v) is 3.38. The monoisotopic (exact) mass is 96.1 g/mol. The van der Waals surface area contributed by atoms with Gasteiger partial charge in [0.05, 0.1) is 0 Å². The lowest BCUT2D eigenvalue weighted by Crippen LogP contribution is -1.88. The van der Waals surface area contributed by atoms with Crippen molar-refractivity contribution in [3.8, 4) is 0 Å². The van der Waals surface area contributed by atoms with Crippen molar-refractivity contribution in [2.75, 3.05) is 0 Å². The van der Waals surface area contributed by atoms with E-state index in [-0.39, 0.29) is 0 Å². The van der Waals surface area contributed by atoms with Crippen LogP contribution in [0.2, 0.25) is 0 Å². The van der Waals surface area contributed by atoms with Crippen LogP contribution in [-0.2, 0) is 0 Å². The summed E-state index contributed by atoms with van der Waals surface area (Å²) in [4.78, 5) is 0. The molecule has 0 bridgehead atoms. The first kappa shape index (κ1) is 3.94. The molecule has 0 N–H and O–H groups in total. The molecule has 2 rings (SSSR count). The molecular weight excluding hydrogens is 84.1 g/mol. The Bertz CT molecular complexity index is 86.0. The average molecular weight is 96.2 g/mol. The highest BCUT2D eigenvalue weighted by Crippen LogP contribution is 2.54. The first-order chi connectivity index (χ1) is 3.38. The van der Waals surface area contributed by atoms with E-state index in [0.29, 0.717) is 0 Å². The molecule has 0 heteroatoms. The summed E-state index contributed by atoms with van der Waals surface area (Å²) in [6.07, 6.45) is 4.64.